The maximum Gasteiger partial charge on any atom is 0.152 e. The van der Waals surface area contributed by atoms with Crippen LogP contribution < -0.4 is 15.6 Å². The summed E-state index contributed by atoms with van der Waals surface area (Å²) in [5.74, 6) is 0.855. The largest absolute Gasteiger partial charge is 0.627 e. The average molecular weight is 372 g/mol. The zero-order chi connectivity index (χ0) is 13.0. The standard InChI is InChI=1S/C13H13N3OS2.BrH/c14-8-5-9-12-10(19-7-15-12)1-2-16(17)3-4-18-11(6-8)13(9)16;/h1,6-7H,2-5,14H2;1H. The summed E-state index contributed by atoms with van der Waals surface area (Å²) in [6.45, 7) is 1.14. The van der Waals surface area contributed by atoms with Gasteiger partial charge in [-0.15, -0.1) is 40.1 Å². The molecule has 0 spiro atoms. The van der Waals surface area contributed by atoms with Gasteiger partial charge in [0.05, 0.1) is 26.8 Å². The lowest BCUT2D eigenvalue weighted by Crippen LogP contribution is -2.46. The van der Waals surface area contributed by atoms with Crippen molar-refractivity contribution in [2.75, 3.05) is 18.8 Å². The molecule has 7 heteroatoms. The fraction of sp³-hybridized carbons (Fsp3) is 0.308. The number of halogens is 1. The highest BCUT2D eigenvalue weighted by atomic mass is 79.9. The molecule has 1 aromatic rings. The third-order valence-corrected chi connectivity index (χ3v) is 5.62. The summed E-state index contributed by atoms with van der Waals surface area (Å²) >= 11 is 3.34. The van der Waals surface area contributed by atoms with Crippen LogP contribution in [0.1, 0.15) is 6.42 Å². The highest BCUT2D eigenvalue weighted by molar-refractivity contribution is 8.93. The smallest absolute Gasteiger partial charge is 0.152 e. The highest BCUT2D eigenvalue weighted by Gasteiger charge is 2.37. The first kappa shape index (κ1) is 14.3. The van der Waals surface area contributed by atoms with Crippen molar-refractivity contribution in [3.63, 3.8) is 0 Å². The van der Waals surface area contributed by atoms with E-state index >= 15 is 0 Å². The third kappa shape index (κ3) is 2.00. The van der Waals surface area contributed by atoms with E-state index in [1.165, 1.54) is 0 Å². The van der Waals surface area contributed by atoms with Crippen LogP contribution in [-0.4, -0.2) is 28.5 Å². The van der Waals surface area contributed by atoms with Crippen LogP contribution >= 0.6 is 40.1 Å². The number of quaternary nitrogens is 1. The first-order valence-electron chi connectivity index (χ1n) is 6.22. The molecule has 0 bridgehead atoms. The quantitative estimate of drug-likeness (QED) is 0.549. The van der Waals surface area contributed by atoms with Gasteiger partial charge in [-0.2, -0.15) is 0 Å². The zero-order valence-electron chi connectivity index (χ0n) is 10.7. The number of hydrogen-bond acceptors (Lipinski definition) is 5. The van der Waals surface area contributed by atoms with Gasteiger partial charge in [0.2, 0.25) is 0 Å². The molecule has 0 saturated carbocycles. The predicted octanol–water partition coefficient (Wildman–Crippen LogP) is 1.19. The number of rotatable bonds is 0. The molecule has 0 fully saturated rings. The average Bonchev–Trinajstić information content (AvgIpc) is 2.79. The van der Waals surface area contributed by atoms with Gasteiger partial charge in [-0.3, -0.25) is 0 Å². The van der Waals surface area contributed by atoms with E-state index in [-0.39, 0.29) is 21.6 Å². The number of thioether (sulfide) groups is 1. The van der Waals surface area contributed by atoms with E-state index in [1.54, 1.807) is 23.1 Å². The van der Waals surface area contributed by atoms with Crippen molar-refractivity contribution < 1.29 is 4.65 Å². The number of nitrogens with two attached hydrogens (primary N) is 1. The summed E-state index contributed by atoms with van der Waals surface area (Å²) in [4.78, 5) is 5.52. The van der Waals surface area contributed by atoms with E-state index in [0.717, 1.165) is 37.5 Å². The fourth-order valence-corrected chi connectivity index (χ4v) is 4.93. The zero-order valence-corrected chi connectivity index (χ0v) is 14.0. The van der Waals surface area contributed by atoms with Crippen LogP contribution in [0.2, 0.25) is 0 Å². The second kappa shape index (κ2) is 4.99. The molecule has 0 saturated heterocycles. The van der Waals surface area contributed by atoms with E-state index < -0.39 is 0 Å². The second-order valence-corrected chi connectivity index (χ2v) is 7.02. The Bertz CT molecular complexity index is 752. The van der Waals surface area contributed by atoms with Crippen LogP contribution in [0.5, 0.6) is 0 Å². The molecule has 1 aliphatic carbocycles. The van der Waals surface area contributed by atoms with Crippen LogP contribution in [0.15, 0.2) is 27.9 Å². The van der Waals surface area contributed by atoms with E-state index in [0.29, 0.717) is 19.5 Å². The summed E-state index contributed by atoms with van der Waals surface area (Å²) in [7, 11) is 0. The molecule has 3 heterocycles. The maximum absolute atomic E-state index is 13.1. The molecular formula is C13H14BrN3OS2. The van der Waals surface area contributed by atoms with Crippen molar-refractivity contribution >= 4 is 51.7 Å². The SMILES string of the molecule is Br.NC1=CC2=C3C(=c4ncsc4=CC[N+]3([O-])CCS2)C1. The number of allylic oxidation sites excluding steroid dienone is 3. The van der Waals surface area contributed by atoms with Gasteiger partial charge in [-0.25, -0.2) is 4.98 Å². The predicted molar refractivity (Wildman–Crippen MR) is 89.3 cm³/mol. The highest BCUT2D eigenvalue weighted by Crippen LogP contribution is 2.43. The van der Waals surface area contributed by atoms with Crippen molar-refractivity contribution in [2.24, 2.45) is 5.73 Å². The number of hydrogen-bond donors (Lipinski definition) is 1. The van der Waals surface area contributed by atoms with Crippen LogP contribution in [-0.2, 0) is 0 Å². The van der Waals surface area contributed by atoms with Crippen molar-refractivity contribution in [1.82, 2.24) is 4.98 Å². The maximum atomic E-state index is 13.1. The molecule has 1 atom stereocenters. The Balaban J connectivity index is 0.00000121. The van der Waals surface area contributed by atoms with Gasteiger partial charge in [0.15, 0.2) is 5.70 Å². The van der Waals surface area contributed by atoms with Crippen molar-refractivity contribution in [2.45, 2.75) is 6.42 Å². The van der Waals surface area contributed by atoms with E-state index in [1.807, 2.05) is 17.7 Å². The second-order valence-electron chi connectivity index (χ2n) is 5.00. The normalized spacial score (nSPS) is 27.6. The summed E-state index contributed by atoms with van der Waals surface area (Å²) in [5.41, 5.74) is 10.7. The Hall–Kier alpha value is -0.600. The molecule has 2 aliphatic heterocycles. The molecule has 4 rings (SSSR count). The molecule has 1 aromatic heterocycles. The first-order valence-corrected chi connectivity index (χ1v) is 8.09. The van der Waals surface area contributed by atoms with Crippen LogP contribution in [0.25, 0.3) is 11.6 Å². The van der Waals surface area contributed by atoms with Crippen LogP contribution in [0.3, 0.4) is 0 Å². The van der Waals surface area contributed by atoms with Crippen molar-refractivity contribution in [3.8, 4) is 0 Å². The Morgan fingerprint density at radius 1 is 1.40 bits per heavy atom. The molecule has 0 aromatic carbocycles. The van der Waals surface area contributed by atoms with Gasteiger partial charge in [-0.1, -0.05) is 0 Å². The topological polar surface area (TPSA) is 62.0 Å². The molecule has 106 valence electrons. The number of aromatic nitrogens is 1. The molecule has 0 radical (unpaired) electrons. The number of nitrogens with zero attached hydrogens (tertiary/aromatic N) is 2. The summed E-state index contributed by atoms with van der Waals surface area (Å²) in [6.07, 6.45) is 4.67. The first-order chi connectivity index (χ1) is 9.17. The Morgan fingerprint density at radius 3 is 3.10 bits per heavy atom. The van der Waals surface area contributed by atoms with Gasteiger partial charge in [-0.05, 0) is 12.2 Å². The molecule has 2 N–H and O–H groups in total. The minimum Gasteiger partial charge on any atom is -0.627 e. The third-order valence-electron chi connectivity index (χ3n) is 3.79. The molecule has 1 unspecified atom stereocenters. The molecular weight excluding hydrogens is 358 g/mol. The number of fused-ring (bicyclic) bond motifs is 1. The minimum absolute atomic E-state index is 0. The van der Waals surface area contributed by atoms with Crippen molar-refractivity contribution in [3.05, 3.63) is 43.0 Å². The number of hydroxylamine groups is 3. The van der Waals surface area contributed by atoms with Crippen LogP contribution in [0, 0.1) is 5.21 Å². The summed E-state index contributed by atoms with van der Waals surface area (Å²) < 4.78 is 0.870. The molecule has 0 amide bonds. The van der Waals surface area contributed by atoms with Crippen molar-refractivity contribution in [1.29, 1.82) is 0 Å². The fourth-order valence-electron chi connectivity index (χ4n) is 2.93. The van der Waals surface area contributed by atoms with Gasteiger partial charge in [0, 0.05) is 23.4 Å². The van der Waals surface area contributed by atoms with E-state index in [2.05, 4.69) is 4.98 Å². The Kier molecular flexibility index (Phi) is 3.58. The Labute approximate surface area is 135 Å². The summed E-state index contributed by atoms with van der Waals surface area (Å²) in [5, 5.41) is 14.1. The molecule has 4 nitrogen and oxygen atoms in total. The number of thiazole rings is 1. The molecule has 20 heavy (non-hydrogen) atoms. The van der Waals surface area contributed by atoms with Gasteiger partial charge >= 0.3 is 0 Å². The van der Waals surface area contributed by atoms with Gasteiger partial charge < -0.3 is 15.6 Å². The van der Waals surface area contributed by atoms with E-state index in [9.17, 15) is 5.21 Å². The summed E-state index contributed by atoms with van der Waals surface area (Å²) in [6, 6.07) is 0. The lowest BCUT2D eigenvalue weighted by molar-refractivity contribution is -0.827. The Morgan fingerprint density at radius 2 is 2.25 bits per heavy atom. The van der Waals surface area contributed by atoms with Gasteiger partial charge in [0.1, 0.15) is 6.54 Å². The lowest BCUT2D eigenvalue weighted by atomic mass is 9.99. The van der Waals surface area contributed by atoms with Gasteiger partial charge in [0.25, 0.3) is 0 Å². The van der Waals surface area contributed by atoms with E-state index in [4.69, 9.17) is 5.73 Å². The monoisotopic (exact) mass is 371 g/mol. The van der Waals surface area contributed by atoms with Crippen LogP contribution in [0.4, 0.5) is 0 Å². The molecule has 3 aliphatic rings. The lowest BCUT2D eigenvalue weighted by Gasteiger charge is -2.47. The minimum atomic E-state index is -0.246.